The minimum Gasteiger partial charge on any atom is -0.340 e. The van der Waals surface area contributed by atoms with Crippen molar-refractivity contribution in [1.29, 1.82) is 0 Å². The zero-order valence-corrected chi connectivity index (χ0v) is 13.9. The molecule has 0 spiro atoms. The van der Waals surface area contributed by atoms with Crippen LogP contribution in [0.15, 0.2) is 6.20 Å². The zero-order chi connectivity index (χ0) is 15.5. The molecule has 3 rings (SSSR count). The van der Waals surface area contributed by atoms with Gasteiger partial charge in [-0.3, -0.25) is 9.59 Å². The topological polar surface area (TPSA) is 53.5 Å². The van der Waals surface area contributed by atoms with Gasteiger partial charge in [-0.15, -0.1) is 11.3 Å². The number of likely N-dealkylation sites (tertiary alicyclic amines) is 2. The third-order valence-electron chi connectivity index (χ3n) is 4.62. The summed E-state index contributed by atoms with van der Waals surface area (Å²) in [5.74, 6) is 0.343. The summed E-state index contributed by atoms with van der Waals surface area (Å²) in [6, 6.07) is 0.315. The lowest BCUT2D eigenvalue weighted by molar-refractivity contribution is -0.129. The number of rotatable bonds is 3. The van der Waals surface area contributed by atoms with Crippen LogP contribution in [0.4, 0.5) is 0 Å². The summed E-state index contributed by atoms with van der Waals surface area (Å²) in [5.41, 5.74) is 0. The number of carbonyl (C=O) groups is 2. The quantitative estimate of drug-likeness (QED) is 0.858. The molecule has 0 saturated carbocycles. The van der Waals surface area contributed by atoms with E-state index in [9.17, 15) is 9.59 Å². The van der Waals surface area contributed by atoms with Gasteiger partial charge in [0.25, 0.3) is 5.91 Å². The van der Waals surface area contributed by atoms with Crippen molar-refractivity contribution in [1.82, 2.24) is 14.8 Å². The van der Waals surface area contributed by atoms with Gasteiger partial charge in [-0.1, -0.05) is 6.92 Å². The first kappa shape index (κ1) is 15.5. The summed E-state index contributed by atoms with van der Waals surface area (Å²) >= 11 is 1.50. The normalized spacial score (nSPS) is 23.0. The smallest absolute Gasteiger partial charge is 0.282 e. The second-order valence-electron chi connectivity index (χ2n) is 6.05. The van der Waals surface area contributed by atoms with Crippen LogP contribution in [0.25, 0.3) is 0 Å². The third kappa shape index (κ3) is 3.16. The maximum atomic E-state index is 12.6. The van der Waals surface area contributed by atoms with E-state index in [1.165, 1.54) is 11.3 Å². The molecule has 1 aromatic heterocycles. The van der Waals surface area contributed by atoms with Gasteiger partial charge in [0, 0.05) is 43.2 Å². The number of hydrogen-bond donors (Lipinski definition) is 0. The van der Waals surface area contributed by atoms with Gasteiger partial charge in [-0.2, -0.15) is 0 Å². The van der Waals surface area contributed by atoms with Crippen LogP contribution < -0.4 is 0 Å². The number of amides is 2. The number of carbonyl (C=O) groups excluding carboxylic acids is 2. The Hall–Kier alpha value is -1.43. The molecular weight excluding hydrogens is 298 g/mol. The molecule has 1 atom stereocenters. The Balaban J connectivity index is 1.62. The lowest BCUT2D eigenvalue weighted by Crippen LogP contribution is -2.37. The second kappa shape index (κ2) is 6.77. The molecule has 5 nitrogen and oxygen atoms in total. The van der Waals surface area contributed by atoms with Crippen LogP contribution in [-0.4, -0.2) is 52.3 Å². The van der Waals surface area contributed by atoms with E-state index >= 15 is 0 Å². The highest BCUT2D eigenvalue weighted by Gasteiger charge is 2.30. The first-order chi connectivity index (χ1) is 10.7. The average Bonchev–Trinajstić information content (AvgIpc) is 3.10. The summed E-state index contributed by atoms with van der Waals surface area (Å²) in [5, 5.41) is 0.604. The summed E-state index contributed by atoms with van der Waals surface area (Å²) in [7, 11) is 0. The fourth-order valence-electron chi connectivity index (χ4n) is 3.35. The third-order valence-corrected chi connectivity index (χ3v) is 5.75. The molecule has 6 heteroatoms. The molecule has 2 amide bonds. The Morgan fingerprint density at radius 2 is 2.18 bits per heavy atom. The van der Waals surface area contributed by atoms with Crippen molar-refractivity contribution in [3.8, 4) is 0 Å². The number of nitrogens with zero attached hydrogens (tertiary/aromatic N) is 3. The molecular formula is C16H23N3O2S. The van der Waals surface area contributed by atoms with Crippen molar-refractivity contribution in [2.45, 2.75) is 51.5 Å². The summed E-state index contributed by atoms with van der Waals surface area (Å²) in [6.45, 7) is 4.47. The summed E-state index contributed by atoms with van der Waals surface area (Å²) in [4.78, 5) is 33.8. The van der Waals surface area contributed by atoms with Gasteiger partial charge in [0.1, 0.15) is 0 Å². The average molecular weight is 321 g/mol. The Morgan fingerprint density at radius 3 is 2.86 bits per heavy atom. The standard InChI is InChI=1S/C16H23N3O2S/c1-2-13-11-17-15(22-13)16(21)18-8-3-5-12(7-10-18)19-9-4-6-14(19)20/h11-12H,2-10H2,1H3. The monoisotopic (exact) mass is 321 g/mol. The Kier molecular flexibility index (Phi) is 4.76. The molecule has 3 heterocycles. The van der Waals surface area contributed by atoms with E-state index in [0.29, 0.717) is 17.5 Å². The molecule has 1 aromatic rings. The van der Waals surface area contributed by atoms with Crippen molar-refractivity contribution in [2.75, 3.05) is 19.6 Å². The van der Waals surface area contributed by atoms with Crippen molar-refractivity contribution in [3.05, 3.63) is 16.1 Å². The van der Waals surface area contributed by atoms with Crippen molar-refractivity contribution in [3.63, 3.8) is 0 Å². The van der Waals surface area contributed by atoms with Crippen LogP contribution in [0.1, 0.15) is 53.7 Å². The molecule has 2 aliphatic heterocycles. The minimum absolute atomic E-state index is 0.0538. The highest BCUT2D eigenvalue weighted by molar-refractivity contribution is 7.13. The van der Waals surface area contributed by atoms with Gasteiger partial charge in [0.2, 0.25) is 5.91 Å². The van der Waals surface area contributed by atoms with Crippen LogP contribution in [-0.2, 0) is 11.2 Å². The van der Waals surface area contributed by atoms with Crippen LogP contribution >= 0.6 is 11.3 Å². The molecule has 0 aromatic carbocycles. The van der Waals surface area contributed by atoms with E-state index in [1.807, 2.05) is 9.80 Å². The van der Waals surface area contributed by atoms with Gasteiger partial charge in [-0.05, 0) is 32.1 Å². The van der Waals surface area contributed by atoms with Crippen molar-refractivity contribution >= 4 is 23.2 Å². The van der Waals surface area contributed by atoms with E-state index in [2.05, 4.69) is 11.9 Å². The fourth-order valence-corrected chi connectivity index (χ4v) is 4.17. The van der Waals surface area contributed by atoms with E-state index in [4.69, 9.17) is 0 Å². The lowest BCUT2D eigenvalue weighted by atomic mass is 10.1. The summed E-state index contributed by atoms with van der Waals surface area (Å²) < 4.78 is 0. The zero-order valence-electron chi connectivity index (χ0n) is 13.1. The fraction of sp³-hybridized carbons (Fsp3) is 0.688. The highest BCUT2D eigenvalue weighted by Crippen LogP contribution is 2.24. The van der Waals surface area contributed by atoms with Crippen LogP contribution in [0.5, 0.6) is 0 Å². The molecule has 0 N–H and O–H groups in total. The van der Waals surface area contributed by atoms with E-state index < -0.39 is 0 Å². The van der Waals surface area contributed by atoms with Gasteiger partial charge < -0.3 is 9.80 Å². The number of thiazole rings is 1. The van der Waals surface area contributed by atoms with E-state index in [0.717, 1.165) is 56.6 Å². The Morgan fingerprint density at radius 1 is 1.32 bits per heavy atom. The highest BCUT2D eigenvalue weighted by atomic mass is 32.1. The Labute approximate surface area is 135 Å². The molecule has 2 saturated heterocycles. The molecule has 1 unspecified atom stereocenters. The van der Waals surface area contributed by atoms with Gasteiger partial charge in [0.05, 0.1) is 0 Å². The van der Waals surface area contributed by atoms with Crippen molar-refractivity contribution in [2.24, 2.45) is 0 Å². The van der Waals surface area contributed by atoms with Crippen LogP contribution in [0.2, 0.25) is 0 Å². The SMILES string of the molecule is CCc1cnc(C(=O)N2CCCC(N3CCCC3=O)CC2)s1. The lowest BCUT2D eigenvalue weighted by Gasteiger charge is -2.26. The maximum Gasteiger partial charge on any atom is 0.282 e. The molecule has 22 heavy (non-hydrogen) atoms. The second-order valence-corrected chi connectivity index (χ2v) is 7.17. The van der Waals surface area contributed by atoms with Gasteiger partial charge >= 0.3 is 0 Å². The van der Waals surface area contributed by atoms with E-state index in [-0.39, 0.29) is 11.8 Å². The molecule has 0 aliphatic carbocycles. The largest absolute Gasteiger partial charge is 0.340 e. The number of hydrogen-bond acceptors (Lipinski definition) is 4. The number of aryl methyl sites for hydroxylation is 1. The summed E-state index contributed by atoms with van der Waals surface area (Å²) in [6.07, 6.45) is 7.27. The van der Waals surface area contributed by atoms with Gasteiger partial charge in [0.15, 0.2) is 5.01 Å². The predicted octanol–water partition coefficient (Wildman–Crippen LogP) is 2.32. The molecule has 0 radical (unpaired) electrons. The van der Waals surface area contributed by atoms with Gasteiger partial charge in [-0.25, -0.2) is 4.98 Å². The molecule has 2 fully saturated rings. The van der Waals surface area contributed by atoms with Crippen LogP contribution in [0.3, 0.4) is 0 Å². The van der Waals surface area contributed by atoms with E-state index in [1.54, 1.807) is 6.20 Å². The maximum absolute atomic E-state index is 12.6. The number of aromatic nitrogens is 1. The first-order valence-corrected chi connectivity index (χ1v) is 9.04. The van der Waals surface area contributed by atoms with Crippen molar-refractivity contribution < 1.29 is 9.59 Å². The molecule has 0 bridgehead atoms. The first-order valence-electron chi connectivity index (χ1n) is 8.22. The molecule has 120 valence electrons. The predicted molar refractivity (Wildman–Crippen MR) is 86.0 cm³/mol. The Bertz CT molecular complexity index is 557. The van der Waals surface area contributed by atoms with Crippen LogP contribution in [0, 0.1) is 0 Å². The minimum atomic E-state index is 0.0538. The molecule has 2 aliphatic rings.